The van der Waals surface area contributed by atoms with E-state index in [1.165, 1.54) is 0 Å². The van der Waals surface area contributed by atoms with Crippen LogP contribution in [0.25, 0.3) is 0 Å². The highest BCUT2D eigenvalue weighted by atomic mass is 79.9. The van der Waals surface area contributed by atoms with E-state index >= 15 is 4.79 Å². The van der Waals surface area contributed by atoms with Crippen LogP contribution in [-0.2, 0) is 48.8 Å². The first-order valence-electron chi connectivity index (χ1n) is 15.4. The number of amides is 1. The highest BCUT2D eigenvalue weighted by Gasteiger charge is 2.67. The quantitative estimate of drug-likeness (QED) is 0.179. The molecule has 234 valence electrons. The average Bonchev–Trinajstić information content (AvgIpc) is 3.49. The Balaban J connectivity index is 1.52. The Bertz CT molecular complexity index is 1780. The number of carbonyl (C=O) groups is 3. The summed E-state index contributed by atoms with van der Waals surface area (Å²) < 4.78 is 12.6. The maximum atomic E-state index is 15.2. The minimum absolute atomic E-state index is 0.0324. The molecule has 46 heavy (non-hydrogen) atoms. The van der Waals surface area contributed by atoms with Gasteiger partial charge in [-0.3, -0.25) is 9.59 Å². The molecule has 4 aromatic carbocycles. The van der Waals surface area contributed by atoms with E-state index in [0.29, 0.717) is 24.2 Å². The van der Waals surface area contributed by atoms with Crippen LogP contribution in [0.5, 0.6) is 0 Å². The van der Waals surface area contributed by atoms with Gasteiger partial charge in [-0.05, 0) is 67.6 Å². The SMILES string of the molecule is CC(C)(C)OC(=O)[C@@H]1C(C(=O)OCc2ccccc2)=C[C@@H](Cc2ccccc2)[C@]12C(=O)N(Cc1ccccc1)c1ccc(Br)cc12. The second-order valence-corrected chi connectivity index (χ2v) is 13.8. The molecule has 2 aliphatic rings. The van der Waals surface area contributed by atoms with Crippen LogP contribution in [0.1, 0.15) is 43.0 Å². The zero-order valence-corrected chi connectivity index (χ0v) is 27.7. The average molecular weight is 679 g/mol. The van der Waals surface area contributed by atoms with E-state index in [9.17, 15) is 9.59 Å². The van der Waals surface area contributed by atoms with Crippen molar-refractivity contribution < 1.29 is 23.9 Å². The molecule has 0 N–H and O–H groups in total. The third-order valence-electron chi connectivity index (χ3n) is 8.60. The first-order valence-corrected chi connectivity index (χ1v) is 16.2. The van der Waals surface area contributed by atoms with E-state index in [0.717, 1.165) is 21.2 Å². The van der Waals surface area contributed by atoms with Crippen molar-refractivity contribution in [2.24, 2.45) is 11.8 Å². The molecule has 0 saturated heterocycles. The molecule has 3 atom stereocenters. The van der Waals surface area contributed by atoms with Gasteiger partial charge in [0.1, 0.15) is 23.5 Å². The fourth-order valence-corrected chi connectivity index (χ4v) is 7.10. The number of benzene rings is 4. The number of allylic oxidation sites excluding steroid dienone is 1. The van der Waals surface area contributed by atoms with Crippen molar-refractivity contribution in [3.63, 3.8) is 0 Å². The largest absolute Gasteiger partial charge is 0.459 e. The van der Waals surface area contributed by atoms with Gasteiger partial charge in [0.05, 0.1) is 6.54 Å². The van der Waals surface area contributed by atoms with Crippen molar-refractivity contribution in [3.05, 3.63) is 148 Å². The van der Waals surface area contributed by atoms with Crippen LogP contribution < -0.4 is 4.90 Å². The monoisotopic (exact) mass is 677 g/mol. The Hall–Kier alpha value is -4.49. The van der Waals surface area contributed by atoms with Crippen molar-refractivity contribution in [2.75, 3.05) is 4.90 Å². The molecular formula is C39H36BrNO5. The first-order chi connectivity index (χ1) is 22.1. The number of esters is 2. The summed E-state index contributed by atoms with van der Waals surface area (Å²) in [6.45, 7) is 5.70. The number of anilines is 1. The minimum Gasteiger partial charge on any atom is -0.459 e. The fraction of sp³-hybridized carbons (Fsp3) is 0.256. The molecule has 1 aliphatic carbocycles. The van der Waals surface area contributed by atoms with Crippen molar-refractivity contribution in [1.29, 1.82) is 0 Å². The van der Waals surface area contributed by atoms with Crippen LogP contribution in [0, 0.1) is 11.8 Å². The summed E-state index contributed by atoms with van der Waals surface area (Å²) in [7, 11) is 0. The topological polar surface area (TPSA) is 72.9 Å². The van der Waals surface area contributed by atoms with Gasteiger partial charge in [-0.1, -0.05) is 113 Å². The smallest absolute Gasteiger partial charge is 0.334 e. The Morgan fingerprint density at radius 2 is 1.41 bits per heavy atom. The van der Waals surface area contributed by atoms with Crippen LogP contribution in [-0.4, -0.2) is 23.4 Å². The lowest BCUT2D eigenvalue weighted by atomic mass is 9.64. The van der Waals surface area contributed by atoms with E-state index in [2.05, 4.69) is 15.9 Å². The molecule has 0 fully saturated rings. The van der Waals surface area contributed by atoms with E-state index in [-0.39, 0.29) is 18.1 Å². The Morgan fingerprint density at radius 1 is 0.826 bits per heavy atom. The van der Waals surface area contributed by atoms with Gasteiger partial charge >= 0.3 is 11.9 Å². The predicted octanol–water partition coefficient (Wildman–Crippen LogP) is 7.73. The van der Waals surface area contributed by atoms with Crippen LogP contribution in [0.2, 0.25) is 0 Å². The maximum absolute atomic E-state index is 15.2. The molecule has 1 aliphatic heterocycles. The summed E-state index contributed by atoms with van der Waals surface area (Å²) in [5, 5.41) is 0. The minimum atomic E-state index is -1.45. The third kappa shape index (κ3) is 6.04. The summed E-state index contributed by atoms with van der Waals surface area (Å²) in [6, 6.07) is 34.7. The lowest BCUT2D eigenvalue weighted by molar-refractivity contribution is -0.164. The standard InChI is InChI=1S/C39H36BrNO5/c1-38(2,3)46-36(43)34-31(35(42)45-25-28-17-11-6-12-18-28)22-29(21-26-13-7-4-8-14-26)39(34)32-23-30(40)19-20-33(32)41(37(39)44)24-27-15-9-5-10-16-27/h4-20,22-23,29,34H,21,24-25H2,1-3H3/t29-,34+,39-/m1/s1. The highest BCUT2D eigenvalue weighted by molar-refractivity contribution is 9.10. The predicted molar refractivity (Wildman–Crippen MR) is 181 cm³/mol. The van der Waals surface area contributed by atoms with Crippen molar-refractivity contribution in [2.45, 2.75) is 51.4 Å². The van der Waals surface area contributed by atoms with Gasteiger partial charge in [-0.2, -0.15) is 0 Å². The van der Waals surface area contributed by atoms with Gasteiger partial charge in [-0.25, -0.2) is 4.79 Å². The zero-order chi connectivity index (χ0) is 32.5. The number of halogens is 1. The van der Waals surface area contributed by atoms with Crippen molar-refractivity contribution >= 4 is 39.5 Å². The molecule has 0 aromatic heterocycles. The van der Waals surface area contributed by atoms with Crippen LogP contribution >= 0.6 is 15.9 Å². The molecule has 6 nitrogen and oxygen atoms in total. The molecular weight excluding hydrogens is 642 g/mol. The van der Waals surface area contributed by atoms with Crippen molar-refractivity contribution in [1.82, 2.24) is 0 Å². The molecule has 6 rings (SSSR count). The second-order valence-electron chi connectivity index (χ2n) is 12.9. The molecule has 1 heterocycles. The Labute approximate surface area is 278 Å². The lowest BCUT2D eigenvalue weighted by Gasteiger charge is -2.37. The van der Waals surface area contributed by atoms with Gasteiger partial charge < -0.3 is 14.4 Å². The number of hydrogen-bond donors (Lipinski definition) is 0. The molecule has 0 bridgehead atoms. The Kier molecular flexibility index (Phi) is 8.71. The molecule has 1 amide bonds. The molecule has 4 aromatic rings. The number of ether oxygens (including phenoxy) is 2. The van der Waals surface area contributed by atoms with E-state index in [1.54, 1.807) is 31.7 Å². The maximum Gasteiger partial charge on any atom is 0.334 e. The van der Waals surface area contributed by atoms with E-state index in [4.69, 9.17) is 9.47 Å². The highest BCUT2D eigenvalue weighted by Crippen LogP contribution is 2.59. The van der Waals surface area contributed by atoms with Crippen molar-refractivity contribution in [3.8, 4) is 0 Å². The molecule has 7 heteroatoms. The summed E-state index contributed by atoms with van der Waals surface area (Å²) in [4.78, 5) is 45.5. The van der Waals surface area contributed by atoms with Gasteiger partial charge in [-0.15, -0.1) is 0 Å². The number of carbonyl (C=O) groups excluding carboxylic acids is 3. The van der Waals surface area contributed by atoms with Gasteiger partial charge in [0, 0.05) is 21.7 Å². The van der Waals surface area contributed by atoms with E-state index < -0.39 is 34.8 Å². The van der Waals surface area contributed by atoms with Gasteiger partial charge in [0.15, 0.2) is 0 Å². The molecule has 0 saturated carbocycles. The van der Waals surface area contributed by atoms with E-state index in [1.807, 2.05) is 109 Å². The first kappa shape index (κ1) is 31.5. The molecule has 0 unspecified atom stereocenters. The summed E-state index contributed by atoms with van der Waals surface area (Å²) in [5.41, 5.74) is 1.97. The summed E-state index contributed by atoms with van der Waals surface area (Å²) >= 11 is 3.63. The number of rotatable bonds is 8. The fourth-order valence-electron chi connectivity index (χ4n) is 6.74. The van der Waals surface area contributed by atoms with Gasteiger partial charge in [0.25, 0.3) is 0 Å². The number of fused-ring (bicyclic) bond motifs is 2. The zero-order valence-electron chi connectivity index (χ0n) is 26.1. The molecule has 0 radical (unpaired) electrons. The number of nitrogens with zero attached hydrogens (tertiary/aromatic N) is 1. The number of hydrogen-bond acceptors (Lipinski definition) is 5. The normalized spacial score (nSPS) is 20.4. The van der Waals surface area contributed by atoms with Crippen LogP contribution in [0.3, 0.4) is 0 Å². The summed E-state index contributed by atoms with van der Waals surface area (Å²) in [6.07, 6.45) is 2.22. The van der Waals surface area contributed by atoms with Gasteiger partial charge in [0.2, 0.25) is 5.91 Å². The van der Waals surface area contributed by atoms with Crippen LogP contribution in [0.15, 0.2) is 125 Å². The second kappa shape index (κ2) is 12.7. The lowest BCUT2D eigenvalue weighted by Crippen LogP contribution is -2.52. The third-order valence-corrected chi connectivity index (χ3v) is 9.09. The summed E-state index contributed by atoms with van der Waals surface area (Å²) in [5.74, 6) is -3.30. The van der Waals surface area contributed by atoms with Crippen LogP contribution in [0.4, 0.5) is 5.69 Å². The molecule has 1 spiro atoms. The Morgan fingerprint density at radius 3 is 2.02 bits per heavy atom.